The number of halogens is 1. The molecule has 0 unspecified atom stereocenters. The van der Waals surface area contributed by atoms with Crippen LogP contribution in [0.1, 0.15) is 18.4 Å². The molecule has 16 heavy (non-hydrogen) atoms. The van der Waals surface area contributed by atoms with E-state index in [1.54, 1.807) is 19.1 Å². The van der Waals surface area contributed by atoms with Gasteiger partial charge in [0.05, 0.1) is 6.54 Å². The minimum Gasteiger partial charge on any atom is -0.325 e. The number of hydrogen-bond donors (Lipinski definition) is 2. The third-order valence-corrected chi connectivity index (χ3v) is 2.58. The van der Waals surface area contributed by atoms with Crippen LogP contribution in [0.5, 0.6) is 0 Å². The Kier molecular flexibility index (Phi) is 3.19. The summed E-state index contributed by atoms with van der Waals surface area (Å²) in [6.45, 7) is 1.98. The Labute approximate surface area is 94.0 Å². The number of carbonyl (C=O) groups is 1. The van der Waals surface area contributed by atoms with E-state index >= 15 is 0 Å². The third-order valence-electron chi connectivity index (χ3n) is 2.58. The van der Waals surface area contributed by atoms with E-state index in [0.29, 0.717) is 23.8 Å². The van der Waals surface area contributed by atoms with E-state index in [9.17, 15) is 9.18 Å². The molecule has 4 heteroatoms. The van der Waals surface area contributed by atoms with E-state index in [2.05, 4.69) is 10.6 Å². The van der Waals surface area contributed by atoms with Crippen molar-refractivity contribution < 1.29 is 9.18 Å². The lowest BCUT2D eigenvalue weighted by molar-refractivity contribution is -0.115. The van der Waals surface area contributed by atoms with Crippen molar-refractivity contribution in [2.45, 2.75) is 25.8 Å². The average molecular weight is 222 g/mol. The van der Waals surface area contributed by atoms with Crippen LogP contribution in [-0.4, -0.2) is 18.5 Å². The Hall–Kier alpha value is -1.42. The lowest BCUT2D eigenvalue weighted by Gasteiger charge is -2.06. The molecular weight excluding hydrogens is 207 g/mol. The minimum atomic E-state index is -0.298. The molecule has 0 atom stereocenters. The van der Waals surface area contributed by atoms with Gasteiger partial charge in [0.2, 0.25) is 5.91 Å². The highest BCUT2D eigenvalue weighted by Gasteiger charge is 2.21. The van der Waals surface area contributed by atoms with Crippen LogP contribution in [0.4, 0.5) is 10.1 Å². The van der Waals surface area contributed by atoms with Crippen molar-refractivity contribution in [1.29, 1.82) is 0 Å². The zero-order valence-electron chi connectivity index (χ0n) is 9.22. The van der Waals surface area contributed by atoms with Gasteiger partial charge in [-0.2, -0.15) is 0 Å². The first-order chi connectivity index (χ1) is 7.65. The number of aryl methyl sites for hydroxylation is 1. The second-order valence-electron chi connectivity index (χ2n) is 4.17. The maximum absolute atomic E-state index is 13.2. The van der Waals surface area contributed by atoms with Crippen molar-refractivity contribution in [2.24, 2.45) is 0 Å². The highest BCUT2D eigenvalue weighted by Crippen LogP contribution is 2.18. The SMILES string of the molecule is Cc1ccc(NC(=O)CNC2CC2)cc1F. The van der Waals surface area contributed by atoms with Gasteiger partial charge in [-0.3, -0.25) is 4.79 Å². The molecule has 86 valence electrons. The summed E-state index contributed by atoms with van der Waals surface area (Å²) in [5, 5.41) is 5.75. The van der Waals surface area contributed by atoms with E-state index in [1.807, 2.05) is 0 Å². The maximum atomic E-state index is 13.2. The van der Waals surface area contributed by atoms with Gasteiger partial charge in [-0.05, 0) is 37.5 Å². The van der Waals surface area contributed by atoms with Crippen LogP contribution in [0.15, 0.2) is 18.2 Å². The summed E-state index contributed by atoms with van der Waals surface area (Å²) in [4.78, 5) is 11.4. The largest absolute Gasteiger partial charge is 0.325 e. The maximum Gasteiger partial charge on any atom is 0.238 e. The molecule has 0 saturated heterocycles. The van der Waals surface area contributed by atoms with Crippen LogP contribution >= 0.6 is 0 Å². The van der Waals surface area contributed by atoms with Gasteiger partial charge in [0, 0.05) is 11.7 Å². The van der Waals surface area contributed by atoms with Gasteiger partial charge in [-0.25, -0.2) is 4.39 Å². The van der Waals surface area contributed by atoms with Crippen molar-refractivity contribution in [1.82, 2.24) is 5.32 Å². The lowest BCUT2D eigenvalue weighted by Crippen LogP contribution is -2.29. The molecule has 0 spiro atoms. The predicted molar refractivity (Wildman–Crippen MR) is 60.8 cm³/mol. The highest BCUT2D eigenvalue weighted by molar-refractivity contribution is 5.92. The summed E-state index contributed by atoms with van der Waals surface area (Å²) in [5.74, 6) is -0.428. The molecule has 1 amide bonds. The molecule has 1 fully saturated rings. The van der Waals surface area contributed by atoms with Gasteiger partial charge in [0.25, 0.3) is 0 Å². The third kappa shape index (κ3) is 3.03. The number of rotatable bonds is 4. The van der Waals surface area contributed by atoms with Gasteiger partial charge in [0.15, 0.2) is 0 Å². The Balaban J connectivity index is 1.86. The number of hydrogen-bond acceptors (Lipinski definition) is 2. The minimum absolute atomic E-state index is 0.129. The van der Waals surface area contributed by atoms with Crippen molar-refractivity contribution >= 4 is 11.6 Å². The topological polar surface area (TPSA) is 41.1 Å². The van der Waals surface area contributed by atoms with Crippen LogP contribution in [0.25, 0.3) is 0 Å². The predicted octanol–water partition coefficient (Wildman–Crippen LogP) is 1.82. The molecule has 1 saturated carbocycles. The smallest absolute Gasteiger partial charge is 0.238 e. The molecule has 0 bridgehead atoms. The molecule has 2 N–H and O–H groups in total. The van der Waals surface area contributed by atoms with Crippen LogP contribution in [-0.2, 0) is 4.79 Å². The van der Waals surface area contributed by atoms with Crippen molar-refractivity contribution in [3.05, 3.63) is 29.6 Å². The molecule has 1 aromatic rings. The lowest BCUT2D eigenvalue weighted by atomic mass is 10.2. The van der Waals surface area contributed by atoms with E-state index in [1.165, 1.54) is 6.07 Å². The Morgan fingerprint density at radius 2 is 2.25 bits per heavy atom. The fraction of sp³-hybridized carbons (Fsp3) is 0.417. The molecule has 1 aliphatic carbocycles. The van der Waals surface area contributed by atoms with E-state index < -0.39 is 0 Å². The second kappa shape index (κ2) is 4.61. The van der Waals surface area contributed by atoms with Crippen LogP contribution in [0.3, 0.4) is 0 Å². The second-order valence-corrected chi connectivity index (χ2v) is 4.17. The molecule has 1 aliphatic rings. The molecule has 0 heterocycles. The number of nitrogens with one attached hydrogen (secondary N) is 2. The van der Waals surface area contributed by atoms with Gasteiger partial charge in [-0.1, -0.05) is 6.07 Å². The summed E-state index contributed by atoms with van der Waals surface area (Å²) in [6, 6.07) is 5.19. The molecule has 0 aromatic heterocycles. The van der Waals surface area contributed by atoms with Crippen LogP contribution in [0.2, 0.25) is 0 Å². The van der Waals surface area contributed by atoms with E-state index in [-0.39, 0.29) is 11.7 Å². The first-order valence-corrected chi connectivity index (χ1v) is 5.44. The first-order valence-electron chi connectivity index (χ1n) is 5.44. The van der Waals surface area contributed by atoms with Crippen LogP contribution in [0, 0.1) is 12.7 Å². The molecule has 0 radical (unpaired) electrons. The van der Waals surface area contributed by atoms with Crippen LogP contribution < -0.4 is 10.6 Å². The fourth-order valence-corrected chi connectivity index (χ4v) is 1.40. The van der Waals surface area contributed by atoms with Gasteiger partial charge >= 0.3 is 0 Å². The molecule has 2 rings (SSSR count). The number of amides is 1. The summed E-state index contributed by atoms with van der Waals surface area (Å²) < 4.78 is 13.2. The summed E-state index contributed by atoms with van der Waals surface area (Å²) in [5.41, 5.74) is 1.08. The molecule has 0 aliphatic heterocycles. The van der Waals surface area contributed by atoms with Crippen molar-refractivity contribution in [3.8, 4) is 0 Å². The monoisotopic (exact) mass is 222 g/mol. The van der Waals surface area contributed by atoms with Crippen molar-refractivity contribution in [2.75, 3.05) is 11.9 Å². The standard InChI is InChI=1S/C12H15FN2O/c1-8-2-3-10(6-11(8)13)15-12(16)7-14-9-4-5-9/h2-3,6,9,14H,4-5,7H2,1H3,(H,15,16). The van der Waals surface area contributed by atoms with Gasteiger partial charge < -0.3 is 10.6 Å². The van der Waals surface area contributed by atoms with Gasteiger partial charge in [0.1, 0.15) is 5.82 Å². The summed E-state index contributed by atoms with van der Waals surface area (Å²) >= 11 is 0. The zero-order valence-corrected chi connectivity index (χ0v) is 9.22. The fourth-order valence-electron chi connectivity index (χ4n) is 1.40. The quantitative estimate of drug-likeness (QED) is 0.816. The number of carbonyl (C=O) groups excluding carboxylic acids is 1. The highest BCUT2D eigenvalue weighted by atomic mass is 19.1. The zero-order chi connectivity index (χ0) is 11.5. The number of anilines is 1. The average Bonchev–Trinajstić information content (AvgIpc) is 3.04. The summed E-state index contributed by atoms with van der Waals surface area (Å²) in [7, 11) is 0. The number of benzene rings is 1. The summed E-state index contributed by atoms with van der Waals surface area (Å²) in [6.07, 6.45) is 2.29. The van der Waals surface area contributed by atoms with Crippen molar-refractivity contribution in [3.63, 3.8) is 0 Å². The first kappa shape index (κ1) is 11.1. The molecule has 3 nitrogen and oxygen atoms in total. The Morgan fingerprint density at radius 3 is 2.88 bits per heavy atom. The normalized spacial score (nSPS) is 14.9. The molecular formula is C12H15FN2O. The van der Waals surface area contributed by atoms with E-state index in [0.717, 1.165) is 12.8 Å². The van der Waals surface area contributed by atoms with Gasteiger partial charge in [-0.15, -0.1) is 0 Å². The Bertz CT molecular complexity index is 402. The van der Waals surface area contributed by atoms with E-state index in [4.69, 9.17) is 0 Å². The Morgan fingerprint density at radius 1 is 1.50 bits per heavy atom. The molecule has 1 aromatic carbocycles.